The van der Waals surface area contributed by atoms with Gasteiger partial charge in [-0.15, -0.1) is 0 Å². The SMILES string of the molecule is CC(C)OC(=O)C1CCN(S(C)(=O)=O)CC1. The third-order valence-corrected chi connectivity index (χ3v) is 3.91. The highest BCUT2D eigenvalue weighted by atomic mass is 32.2. The van der Waals surface area contributed by atoms with Crippen LogP contribution < -0.4 is 0 Å². The van der Waals surface area contributed by atoms with Crippen LogP contribution in [0.15, 0.2) is 0 Å². The van der Waals surface area contributed by atoms with E-state index in [-0.39, 0.29) is 18.0 Å². The second kappa shape index (κ2) is 5.14. The van der Waals surface area contributed by atoms with E-state index in [4.69, 9.17) is 4.74 Å². The van der Waals surface area contributed by atoms with Crippen LogP contribution in [0.5, 0.6) is 0 Å². The summed E-state index contributed by atoms with van der Waals surface area (Å²) in [5.74, 6) is -0.358. The van der Waals surface area contributed by atoms with Crippen molar-refractivity contribution in [1.29, 1.82) is 0 Å². The molecule has 0 radical (unpaired) electrons. The van der Waals surface area contributed by atoms with Crippen LogP contribution in [0.25, 0.3) is 0 Å². The normalized spacial score (nSPS) is 20.0. The molecule has 0 aliphatic carbocycles. The lowest BCUT2D eigenvalue weighted by atomic mass is 9.98. The summed E-state index contributed by atoms with van der Waals surface area (Å²) < 4.78 is 29.0. The predicted molar refractivity (Wildman–Crippen MR) is 60.4 cm³/mol. The van der Waals surface area contributed by atoms with Gasteiger partial charge in [0, 0.05) is 13.1 Å². The van der Waals surface area contributed by atoms with E-state index in [2.05, 4.69) is 0 Å². The van der Waals surface area contributed by atoms with Gasteiger partial charge in [-0.3, -0.25) is 4.79 Å². The number of esters is 1. The number of carbonyl (C=O) groups is 1. The zero-order valence-corrected chi connectivity index (χ0v) is 10.8. The summed E-state index contributed by atoms with van der Waals surface area (Å²) in [4.78, 5) is 11.6. The van der Waals surface area contributed by atoms with Gasteiger partial charge in [-0.25, -0.2) is 12.7 Å². The monoisotopic (exact) mass is 249 g/mol. The molecular formula is C10H19NO4S. The first-order valence-electron chi connectivity index (χ1n) is 5.46. The summed E-state index contributed by atoms with van der Waals surface area (Å²) in [5.41, 5.74) is 0. The highest BCUT2D eigenvalue weighted by Gasteiger charge is 2.30. The summed E-state index contributed by atoms with van der Waals surface area (Å²) in [7, 11) is -3.12. The zero-order chi connectivity index (χ0) is 12.3. The van der Waals surface area contributed by atoms with Gasteiger partial charge in [-0.2, -0.15) is 0 Å². The first-order valence-corrected chi connectivity index (χ1v) is 7.31. The lowest BCUT2D eigenvalue weighted by Crippen LogP contribution is -2.40. The molecule has 94 valence electrons. The Labute approximate surface area is 96.8 Å². The Morgan fingerprint density at radius 3 is 2.19 bits per heavy atom. The molecule has 0 aromatic rings. The Morgan fingerprint density at radius 2 is 1.81 bits per heavy atom. The Hall–Kier alpha value is -0.620. The number of sulfonamides is 1. The molecular weight excluding hydrogens is 230 g/mol. The second-order valence-corrected chi connectivity index (χ2v) is 6.40. The summed E-state index contributed by atoms with van der Waals surface area (Å²) in [6.07, 6.45) is 2.19. The van der Waals surface area contributed by atoms with Crippen LogP contribution in [0.3, 0.4) is 0 Å². The average molecular weight is 249 g/mol. The summed E-state index contributed by atoms with van der Waals surface area (Å²) >= 11 is 0. The maximum absolute atomic E-state index is 11.6. The van der Waals surface area contributed by atoms with Crippen molar-refractivity contribution >= 4 is 16.0 Å². The van der Waals surface area contributed by atoms with Crippen LogP contribution in [0.4, 0.5) is 0 Å². The largest absolute Gasteiger partial charge is 0.463 e. The van der Waals surface area contributed by atoms with Gasteiger partial charge >= 0.3 is 5.97 Å². The quantitative estimate of drug-likeness (QED) is 0.687. The van der Waals surface area contributed by atoms with E-state index in [1.165, 1.54) is 10.6 Å². The highest BCUT2D eigenvalue weighted by molar-refractivity contribution is 7.88. The molecule has 0 spiro atoms. The van der Waals surface area contributed by atoms with Crippen molar-refractivity contribution in [3.05, 3.63) is 0 Å². The molecule has 1 saturated heterocycles. The molecule has 1 rings (SSSR count). The van der Waals surface area contributed by atoms with Gasteiger partial charge in [-0.1, -0.05) is 0 Å². The Kier molecular flexibility index (Phi) is 4.32. The second-order valence-electron chi connectivity index (χ2n) is 4.42. The minimum Gasteiger partial charge on any atom is -0.463 e. The van der Waals surface area contributed by atoms with Crippen molar-refractivity contribution in [2.24, 2.45) is 5.92 Å². The van der Waals surface area contributed by atoms with Gasteiger partial charge in [0.1, 0.15) is 0 Å². The summed E-state index contributed by atoms with van der Waals surface area (Å²) in [6.45, 7) is 4.44. The van der Waals surface area contributed by atoms with Gasteiger partial charge < -0.3 is 4.74 Å². The maximum Gasteiger partial charge on any atom is 0.309 e. The molecule has 1 aliphatic rings. The molecule has 0 aromatic carbocycles. The number of ether oxygens (including phenoxy) is 1. The van der Waals surface area contributed by atoms with Gasteiger partial charge in [0.05, 0.1) is 18.3 Å². The van der Waals surface area contributed by atoms with Gasteiger partial charge in [0.25, 0.3) is 0 Å². The van der Waals surface area contributed by atoms with Crippen LogP contribution in [0, 0.1) is 5.92 Å². The minimum atomic E-state index is -3.12. The van der Waals surface area contributed by atoms with Crippen LogP contribution >= 0.6 is 0 Å². The van der Waals surface area contributed by atoms with Crippen LogP contribution in [-0.2, 0) is 19.6 Å². The summed E-state index contributed by atoms with van der Waals surface area (Å²) in [5, 5.41) is 0. The molecule has 0 bridgehead atoms. The number of carbonyl (C=O) groups excluding carboxylic acids is 1. The zero-order valence-electron chi connectivity index (χ0n) is 9.97. The molecule has 0 amide bonds. The predicted octanol–water partition coefficient (Wildman–Crippen LogP) is 0.610. The van der Waals surface area contributed by atoms with E-state index < -0.39 is 10.0 Å². The standard InChI is InChI=1S/C10H19NO4S/c1-8(2)15-10(12)9-4-6-11(7-5-9)16(3,13)14/h8-9H,4-7H2,1-3H3. The fourth-order valence-electron chi connectivity index (χ4n) is 1.75. The molecule has 1 heterocycles. The molecule has 0 unspecified atom stereocenters. The average Bonchev–Trinajstić information content (AvgIpc) is 2.15. The van der Waals surface area contributed by atoms with Crippen LogP contribution in [-0.4, -0.2) is 44.1 Å². The van der Waals surface area contributed by atoms with Crippen molar-refractivity contribution in [3.63, 3.8) is 0 Å². The fourth-order valence-corrected chi connectivity index (χ4v) is 2.63. The molecule has 0 saturated carbocycles. The maximum atomic E-state index is 11.6. The van der Waals surface area contributed by atoms with Gasteiger partial charge in [0.15, 0.2) is 0 Å². The molecule has 0 N–H and O–H groups in total. The van der Waals surface area contributed by atoms with E-state index in [9.17, 15) is 13.2 Å². The first kappa shape index (κ1) is 13.4. The molecule has 0 aromatic heterocycles. The van der Waals surface area contributed by atoms with Crippen LogP contribution in [0.1, 0.15) is 26.7 Å². The fraction of sp³-hybridized carbons (Fsp3) is 0.900. The van der Waals surface area contributed by atoms with Crippen molar-refractivity contribution < 1.29 is 17.9 Å². The Balaban J connectivity index is 2.46. The first-order chi connectivity index (χ1) is 7.30. The Morgan fingerprint density at radius 1 is 1.31 bits per heavy atom. The van der Waals surface area contributed by atoms with Crippen LogP contribution in [0.2, 0.25) is 0 Å². The molecule has 1 fully saturated rings. The van der Waals surface area contributed by atoms with E-state index in [1.54, 1.807) is 0 Å². The third kappa shape index (κ3) is 3.75. The number of hydrogen-bond donors (Lipinski definition) is 0. The number of nitrogens with zero attached hydrogens (tertiary/aromatic N) is 1. The molecule has 16 heavy (non-hydrogen) atoms. The third-order valence-electron chi connectivity index (χ3n) is 2.61. The van der Waals surface area contributed by atoms with E-state index in [0.29, 0.717) is 25.9 Å². The molecule has 1 aliphatic heterocycles. The van der Waals surface area contributed by atoms with E-state index in [1.807, 2.05) is 13.8 Å². The highest BCUT2D eigenvalue weighted by Crippen LogP contribution is 2.20. The van der Waals surface area contributed by atoms with E-state index in [0.717, 1.165) is 0 Å². The smallest absolute Gasteiger partial charge is 0.309 e. The molecule has 6 heteroatoms. The molecule has 0 atom stereocenters. The summed E-state index contributed by atoms with van der Waals surface area (Å²) in [6, 6.07) is 0. The van der Waals surface area contributed by atoms with Crippen molar-refractivity contribution in [2.75, 3.05) is 19.3 Å². The van der Waals surface area contributed by atoms with Gasteiger partial charge in [-0.05, 0) is 26.7 Å². The molecule has 5 nitrogen and oxygen atoms in total. The number of hydrogen-bond acceptors (Lipinski definition) is 4. The van der Waals surface area contributed by atoms with Crippen molar-refractivity contribution in [1.82, 2.24) is 4.31 Å². The van der Waals surface area contributed by atoms with E-state index >= 15 is 0 Å². The Bertz CT molecular complexity index is 342. The number of piperidine rings is 1. The lowest BCUT2D eigenvalue weighted by Gasteiger charge is -2.29. The lowest BCUT2D eigenvalue weighted by molar-refractivity contribution is -0.153. The number of rotatable bonds is 3. The van der Waals surface area contributed by atoms with Gasteiger partial charge in [0.2, 0.25) is 10.0 Å². The topological polar surface area (TPSA) is 63.7 Å². The van der Waals surface area contributed by atoms with Crippen molar-refractivity contribution in [3.8, 4) is 0 Å². The van der Waals surface area contributed by atoms with Crippen molar-refractivity contribution in [2.45, 2.75) is 32.8 Å². The minimum absolute atomic E-state index is 0.111.